The first-order chi connectivity index (χ1) is 7.86. The fraction of sp³-hybridized carbons (Fsp3) is 0.923. The Labute approximate surface area is 98.6 Å². The first kappa shape index (κ1) is 11.9. The van der Waals surface area contributed by atoms with Crippen molar-refractivity contribution in [3.63, 3.8) is 0 Å². The fourth-order valence-electron chi connectivity index (χ4n) is 2.80. The first-order valence-corrected chi connectivity index (χ1v) is 6.85. The second-order valence-electron chi connectivity index (χ2n) is 5.17. The highest BCUT2D eigenvalue weighted by Gasteiger charge is 2.19. The number of carbonyl (C=O) groups excluding carboxylic acids is 1. The Morgan fingerprint density at radius 2 is 1.81 bits per heavy atom. The highest BCUT2D eigenvalue weighted by atomic mass is 16.2. The summed E-state index contributed by atoms with van der Waals surface area (Å²) in [7, 11) is 0. The average Bonchev–Trinajstić information content (AvgIpc) is 2.38. The summed E-state index contributed by atoms with van der Waals surface area (Å²) in [6, 6.07) is 0. The van der Waals surface area contributed by atoms with E-state index in [1.807, 2.05) is 0 Å². The minimum atomic E-state index is 0.401. The van der Waals surface area contributed by atoms with Crippen molar-refractivity contribution in [3.8, 4) is 0 Å². The first-order valence-electron chi connectivity index (χ1n) is 6.85. The standard InChI is InChI=1S/C13H24N2O/c16-13(15-10-2-1-3-11-15)5-4-12-6-8-14-9-7-12/h12,14H,1-11H2. The van der Waals surface area contributed by atoms with Gasteiger partial charge in [0, 0.05) is 19.5 Å². The summed E-state index contributed by atoms with van der Waals surface area (Å²) in [6.45, 7) is 4.29. The molecule has 0 atom stereocenters. The lowest BCUT2D eigenvalue weighted by atomic mass is 9.93. The van der Waals surface area contributed by atoms with Crippen molar-refractivity contribution in [1.82, 2.24) is 10.2 Å². The number of hydrogen-bond donors (Lipinski definition) is 1. The molecule has 0 aromatic carbocycles. The summed E-state index contributed by atoms with van der Waals surface area (Å²) < 4.78 is 0. The fourth-order valence-corrected chi connectivity index (χ4v) is 2.80. The third-order valence-electron chi connectivity index (χ3n) is 3.93. The summed E-state index contributed by atoms with van der Waals surface area (Å²) in [5, 5.41) is 3.37. The van der Waals surface area contributed by atoms with Crippen LogP contribution in [0.5, 0.6) is 0 Å². The van der Waals surface area contributed by atoms with E-state index in [1.165, 1.54) is 32.1 Å². The number of hydrogen-bond acceptors (Lipinski definition) is 2. The quantitative estimate of drug-likeness (QED) is 0.792. The maximum atomic E-state index is 12.0. The number of rotatable bonds is 3. The van der Waals surface area contributed by atoms with Crippen LogP contribution in [-0.4, -0.2) is 37.0 Å². The molecule has 0 radical (unpaired) electrons. The Kier molecular flexibility index (Phi) is 4.64. The van der Waals surface area contributed by atoms with Gasteiger partial charge in [-0.05, 0) is 57.5 Å². The molecule has 2 rings (SSSR count). The molecule has 92 valence electrons. The molecule has 3 nitrogen and oxygen atoms in total. The summed E-state index contributed by atoms with van der Waals surface area (Å²) in [5.74, 6) is 1.19. The molecular formula is C13H24N2O. The molecule has 3 heteroatoms. The van der Waals surface area contributed by atoms with Crippen molar-refractivity contribution in [2.45, 2.75) is 44.9 Å². The van der Waals surface area contributed by atoms with E-state index in [-0.39, 0.29) is 0 Å². The Bertz CT molecular complexity index is 218. The van der Waals surface area contributed by atoms with Crippen LogP contribution in [0.3, 0.4) is 0 Å². The normalized spacial score (nSPS) is 23.4. The van der Waals surface area contributed by atoms with Gasteiger partial charge in [0.25, 0.3) is 0 Å². The molecule has 2 fully saturated rings. The number of nitrogens with zero attached hydrogens (tertiary/aromatic N) is 1. The maximum absolute atomic E-state index is 12.0. The van der Waals surface area contributed by atoms with Crippen LogP contribution in [0, 0.1) is 5.92 Å². The summed E-state index contributed by atoms with van der Waals surface area (Å²) in [4.78, 5) is 14.0. The predicted octanol–water partition coefficient (Wildman–Crippen LogP) is 1.78. The third-order valence-corrected chi connectivity index (χ3v) is 3.93. The lowest BCUT2D eigenvalue weighted by molar-refractivity contribution is -0.132. The maximum Gasteiger partial charge on any atom is 0.222 e. The Morgan fingerprint density at radius 1 is 1.12 bits per heavy atom. The lowest BCUT2D eigenvalue weighted by Gasteiger charge is -2.28. The van der Waals surface area contributed by atoms with Crippen molar-refractivity contribution in [3.05, 3.63) is 0 Å². The SMILES string of the molecule is O=C(CCC1CCNCC1)N1CCCCC1. The molecule has 1 amide bonds. The van der Waals surface area contributed by atoms with Gasteiger partial charge in [0.15, 0.2) is 0 Å². The molecule has 0 aliphatic carbocycles. The second-order valence-corrected chi connectivity index (χ2v) is 5.17. The van der Waals surface area contributed by atoms with Crippen LogP contribution in [0.25, 0.3) is 0 Å². The number of amides is 1. The average molecular weight is 224 g/mol. The molecule has 16 heavy (non-hydrogen) atoms. The van der Waals surface area contributed by atoms with Crippen LogP contribution in [0.2, 0.25) is 0 Å². The van der Waals surface area contributed by atoms with Crippen LogP contribution in [0.4, 0.5) is 0 Å². The van der Waals surface area contributed by atoms with Gasteiger partial charge in [-0.15, -0.1) is 0 Å². The molecule has 1 N–H and O–H groups in total. The van der Waals surface area contributed by atoms with Crippen LogP contribution in [0.15, 0.2) is 0 Å². The van der Waals surface area contributed by atoms with Crippen LogP contribution in [-0.2, 0) is 4.79 Å². The van der Waals surface area contributed by atoms with Crippen molar-refractivity contribution in [2.75, 3.05) is 26.2 Å². The Hall–Kier alpha value is -0.570. The summed E-state index contributed by atoms with van der Waals surface area (Å²) in [6.07, 6.45) is 8.12. The molecule has 2 saturated heterocycles. The molecule has 0 saturated carbocycles. The van der Waals surface area contributed by atoms with E-state index in [0.717, 1.165) is 44.9 Å². The third kappa shape index (κ3) is 3.48. The zero-order valence-corrected chi connectivity index (χ0v) is 10.2. The highest BCUT2D eigenvalue weighted by molar-refractivity contribution is 5.76. The van der Waals surface area contributed by atoms with Gasteiger partial charge in [0.2, 0.25) is 5.91 Å². The number of nitrogens with one attached hydrogen (secondary N) is 1. The van der Waals surface area contributed by atoms with E-state index in [2.05, 4.69) is 10.2 Å². The summed E-state index contributed by atoms with van der Waals surface area (Å²) in [5.41, 5.74) is 0. The van der Waals surface area contributed by atoms with Crippen LogP contribution in [0.1, 0.15) is 44.9 Å². The van der Waals surface area contributed by atoms with Crippen LogP contribution >= 0.6 is 0 Å². The summed E-state index contributed by atoms with van der Waals surface area (Å²) >= 11 is 0. The lowest BCUT2D eigenvalue weighted by Crippen LogP contribution is -2.36. The monoisotopic (exact) mass is 224 g/mol. The highest BCUT2D eigenvalue weighted by Crippen LogP contribution is 2.19. The zero-order chi connectivity index (χ0) is 11.2. The molecular weight excluding hydrogens is 200 g/mol. The minimum absolute atomic E-state index is 0.401. The van der Waals surface area contributed by atoms with Crippen molar-refractivity contribution in [2.24, 2.45) is 5.92 Å². The molecule has 2 aliphatic rings. The van der Waals surface area contributed by atoms with Gasteiger partial charge in [-0.2, -0.15) is 0 Å². The van der Waals surface area contributed by atoms with Gasteiger partial charge in [-0.25, -0.2) is 0 Å². The predicted molar refractivity (Wildman–Crippen MR) is 65.3 cm³/mol. The zero-order valence-electron chi connectivity index (χ0n) is 10.2. The van der Waals surface area contributed by atoms with E-state index >= 15 is 0 Å². The Balaban J connectivity index is 1.65. The van der Waals surface area contributed by atoms with Gasteiger partial charge < -0.3 is 10.2 Å². The van der Waals surface area contributed by atoms with Crippen molar-refractivity contribution < 1.29 is 4.79 Å². The van der Waals surface area contributed by atoms with E-state index in [1.54, 1.807) is 0 Å². The second kappa shape index (κ2) is 6.24. The topological polar surface area (TPSA) is 32.3 Å². The van der Waals surface area contributed by atoms with E-state index in [4.69, 9.17) is 0 Å². The number of likely N-dealkylation sites (tertiary alicyclic amines) is 1. The van der Waals surface area contributed by atoms with E-state index in [0.29, 0.717) is 5.91 Å². The molecule has 0 unspecified atom stereocenters. The molecule has 2 aliphatic heterocycles. The van der Waals surface area contributed by atoms with E-state index in [9.17, 15) is 4.79 Å². The molecule has 0 spiro atoms. The van der Waals surface area contributed by atoms with Gasteiger partial charge in [0.1, 0.15) is 0 Å². The van der Waals surface area contributed by atoms with E-state index < -0.39 is 0 Å². The molecule has 0 aromatic heterocycles. The van der Waals surface area contributed by atoms with Gasteiger partial charge >= 0.3 is 0 Å². The molecule has 2 heterocycles. The van der Waals surface area contributed by atoms with Gasteiger partial charge in [-0.1, -0.05) is 0 Å². The van der Waals surface area contributed by atoms with Crippen molar-refractivity contribution >= 4 is 5.91 Å². The smallest absolute Gasteiger partial charge is 0.222 e. The van der Waals surface area contributed by atoms with Gasteiger partial charge in [-0.3, -0.25) is 4.79 Å². The van der Waals surface area contributed by atoms with Crippen molar-refractivity contribution in [1.29, 1.82) is 0 Å². The minimum Gasteiger partial charge on any atom is -0.343 e. The largest absolute Gasteiger partial charge is 0.343 e. The molecule has 0 bridgehead atoms. The van der Waals surface area contributed by atoms with Crippen LogP contribution < -0.4 is 5.32 Å². The van der Waals surface area contributed by atoms with Gasteiger partial charge in [0.05, 0.1) is 0 Å². The number of carbonyl (C=O) groups is 1. The Morgan fingerprint density at radius 3 is 2.50 bits per heavy atom. The number of piperidine rings is 2. The molecule has 0 aromatic rings.